The molecule has 2 nitrogen and oxygen atoms in total. The molecule has 0 fully saturated rings. The maximum atomic E-state index is 9.69. The smallest absolute Gasteiger partial charge is 0.0635 e. The molecule has 104 valence electrons. The van der Waals surface area contributed by atoms with Crippen LogP contribution in [0.4, 0.5) is 5.69 Å². The first-order chi connectivity index (χ1) is 9.08. The maximum absolute atomic E-state index is 9.69. The van der Waals surface area contributed by atoms with Crippen LogP contribution in [0.5, 0.6) is 0 Å². The third-order valence-electron chi connectivity index (χ3n) is 3.77. The summed E-state index contributed by atoms with van der Waals surface area (Å²) >= 11 is 3.48. The van der Waals surface area contributed by atoms with E-state index in [4.69, 9.17) is 0 Å². The van der Waals surface area contributed by atoms with Crippen molar-refractivity contribution < 1.29 is 5.11 Å². The highest BCUT2D eigenvalue weighted by Crippen LogP contribution is 2.31. The zero-order chi connectivity index (χ0) is 13.8. The maximum Gasteiger partial charge on any atom is 0.0635 e. The molecule has 3 heteroatoms. The first kappa shape index (κ1) is 14.6. The Bertz CT molecular complexity index is 458. The number of rotatable bonds is 4. The zero-order valence-electron chi connectivity index (χ0n) is 11.6. The normalized spacial score (nSPS) is 24.7. The molecule has 0 amide bonds. The lowest BCUT2D eigenvalue weighted by Crippen LogP contribution is -2.35. The van der Waals surface area contributed by atoms with Gasteiger partial charge in [-0.2, -0.15) is 0 Å². The molecule has 0 spiro atoms. The fourth-order valence-electron chi connectivity index (χ4n) is 3.01. The lowest BCUT2D eigenvalue weighted by molar-refractivity contribution is 0.220. The highest BCUT2D eigenvalue weighted by atomic mass is 79.9. The van der Waals surface area contributed by atoms with Gasteiger partial charge in [-0.25, -0.2) is 0 Å². The highest BCUT2D eigenvalue weighted by molar-refractivity contribution is 9.10. The number of allylic oxidation sites excluding steroid dienone is 2. The van der Waals surface area contributed by atoms with E-state index in [1.165, 1.54) is 5.57 Å². The van der Waals surface area contributed by atoms with E-state index in [1.54, 1.807) is 0 Å². The highest BCUT2D eigenvalue weighted by Gasteiger charge is 2.25. The van der Waals surface area contributed by atoms with Crippen LogP contribution in [0.2, 0.25) is 0 Å². The molecule has 0 saturated carbocycles. The number of halogens is 1. The minimum atomic E-state index is 0.125. The molecule has 3 atom stereocenters. The predicted molar refractivity (Wildman–Crippen MR) is 84.3 cm³/mol. The van der Waals surface area contributed by atoms with Crippen LogP contribution >= 0.6 is 15.9 Å². The van der Waals surface area contributed by atoms with Crippen LogP contribution in [0.3, 0.4) is 0 Å². The number of anilines is 1. The van der Waals surface area contributed by atoms with E-state index in [9.17, 15) is 5.11 Å². The Labute approximate surface area is 124 Å². The SMILES string of the molecule is CC1=CC(C)CC(C(CO)Nc2cccc(Br)c2)C1. The van der Waals surface area contributed by atoms with E-state index in [2.05, 4.69) is 47.2 Å². The van der Waals surface area contributed by atoms with Crippen molar-refractivity contribution in [3.05, 3.63) is 40.4 Å². The van der Waals surface area contributed by atoms with E-state index >= 15 is 0 Å². The van der Waals surface area contributed by atoms with Crippen molar-refractivity contribution in [2.45, 2.75) is 32.7 Å². The number of hydrogen-bond acceptors (Lipinski definition) is 2. The number of aliphatic hydroxyl groups is 1. The summed E-state index contributed by atoms with van der Waals surface area (Å²) in [7, 11) is 0. The Morgan fingerprint density at radius 3 is 2.89 bits per heavy atom. The van der Waals surface area contributed by atoms with Crippen molar-refractivity contribution >= 4 is 21.6 Å². The van der Waals surface area contributed by atoms with E-state index < -0.39 is 0 Å². The van der Waals surface area contributed by atoms with Crippen molar-refractivity contribution in [2.24, 2.45) is 11.8 Å². The molecule has 1 aromatic carbocycles. The Morgan fingerprint density at radius 1 is 1.47 bits per heavy atom. The topological polar surface area (TPSA) is 32.3 Å². The standard InChI is InChI=1S/C16H22BrNO/c1-11-6-12(2)8-13(7-11)16(10-19)18-15-5-3-4-14(17)9-15/h3-6,9,11,13,16,18-19H,7-8,10H2,1-2H3. The lowest BCUT2D eigenvalue weighted by atomic mass is 9.79. The molecule has 3 unspecified atom stereocenters. The summed E-state index contributed by atoms with van der Waals surface area (Å²) < 4.78 is 1.06. The van der Waals surface area contributed by atoms with Crippen LogP contribution in [0.25, 0.3) is 0 Å². The summed E-state index contributed by atoms with van der Waals surface area (Å²) in [6, 6.07) is 8.24. The van der Waals surface area contributed by atoms with Gasteiger partial charge in [0, 0.05) is 10.2 Å². The van der Waals surface area contributed by atoms with Gasteiger partial charge in [-0.3, -0.25) is 0 Å². The quantitative estimate of drug-likeness (QED) is 0.813. The first-order valence-corrected chi connectivity index (χ1v) is 7.68. The van der Waals surface area contributed by atoms with Crippen molar-refractivity contribution in [3.63, 3.8) is 0 Å². The third-order valence-corrected chi connectivity index (χ3v) is 4.26. The van der Waals surface area contributed by atoms with Crippen LogP contribution in [-0.2, 0) is 0 Å². The molecule has 1 aliphatic rings. The fraction of sp³-hybridized carbons (Fsp3) is 0.500. The number of nitrogens with one attached hydrogen (secondary N) is 1. The molecule has 0 aliphatic heterocycles. The largest absolute Gasteiger partial charge is 0.394 e. The summed E-state index contributed by atoms with van der Waals surface area (Å²) in [5.41, 5.74) is 2.51. The van der Waals surface area contributed by atoms with Crippen LogP contribution in [0.1, 0.15) is 26.7 Å². The Balaban J connectivity index is 2.06. The van der Waals surface area contributed by atoms with Gasteiger partial charge in [0.15, 0.2) is 0 Å². The molecular formula is C16H22BrNO. The molecule has 0 bridgehead atoms. The summed E-state index contributed by atoms with van der Waals surface area (Å²) in [5.74, 6) is 1.11. The van der Waals surface area contributed by atoms with E-state index in [0.717, 1.165) is 23.0 Å². The van der Waals surface area contributed by atoms with Gasteiger partial charge in [-0.05, 0) is 49.8 Å². The van der Waals surface area contributed by atoms with Gasteiger partial charge in [0.25, 0.3) is 0 Å². The number of benzene rings is 1. The third kappa shape index (κ3) is 4.08. The number of hydrogen-bond donors (Lipinski definition) is 2. The molecule has 0 saturated heterocycles. The minimum absolute atomic E-state index is 0.125. The lowest BCUT2D eigenvalue weighted by Gasteiger charge is -2.32. The van der Waals surface area contributed by atoms with Gasteiger partial charge in [0.1, 0.15) is 0 Å². The Hall–Kier alpha value is -0.800. The second-order valence-corrected chi connectivity index (χ2v) is 6.55. The first-order valence-electron chi connectivity index (χ1n) is 6.88. The second-order valence-electron chi connectivity index (χ2n) is 5.63. The second kappa shape index (κ2) is 6.58. The molecule has 0 radical (unpaired) electrons. The molecule has 1 aliphatic carbocycles. The molecule has 0 heterocycles. The van der Waals surface area contributed by atoms with Crippen LogP contribution in [-0.4, -0.2) is 17.8 Å². The molecule has 2 N–H and O–H groups in total. The van der Waals surface area contributed by atoms with Crippen LogP contribution in [0.15, 0.2) is 40.4 Å². The summed E-state index contributed by atoms with van der Waals surface area (Å²) in [6.07, 6.45) is 4.57. The predicted octanol–water partition coefficient (Wildman–Crippen LogP) is 4.21. The monoisotopic (exact) mass is 323 g/mol. The van der Waals surface area contributed by atoms with Gasteiger partial charge < -0.3 is 10.4 Å². The van der Waals surface area contributed by atoms with Crippen molar-refractivity contribution in [1.29, 1.82) is 0 Å². The van der Waals surface area contributed by atoms with Crippen LogP contribution in [0, 0.1) is 11.8 Å². The summed E-state index contributed by atoms with van der Waals surface area (Å²) in [5, 5.41) is 13.2. The van der Waals surface area contributed by atoms with E-state index in [1.807, 2.05) is 18.2 Å². The van der Waals surface area contributed by atoms with Gasteiger partial charge in [-0.15, -0.1) is 0 Å². The molecule has 1 aromatic rings. The van der Waals surface area contributed by atoms with E-state index in [0.29, 0.717) is 11.8 Å². The summed E-state index contributed by atoms with van der Waals surface area (Å²) in [6.45, 7) is 4.62. The molecule has 2 rings (SSSR count). The fourth-order valence-corrected chi connectivity index (χ4v) is 3.41. The van der Waals surface area contributed by atoms with Gasteiger partial charge in [-0.1, -0.05) is 40.6 Å². The Kier molecular flexibility index (Phi) is 5.06. The van der Waals surface area contributed by atoms with Crippen LogP contribution < -0.4 is 5.32 Å². The number of aliphatic hydroxyl groups excluding tert-OH is 1. The Morgan fingerprint density at radius 2 is 2.26 bits per heavy atom. The molecular weight excluding hydrogens is 302 g/mol. The molecule has 19 heavy (non-hydrogen) atoms. The van der Waals surface area contributed by atoms with Crippen molar-refractivity contribution in [3.8, 4) is 0 Å². The van der Waals surface area contributed by atoms with E-state index in [-0.39, 0.29) is 12.6 Å². The molecule has 0 aromatic heterocycles. The zero-order valence-corrected chi connectivity index (χ0v) is 13.2. The van der Waals surface area contributed by atoms with Gasteiger partial charge >= 0.3 is 0 Å². The van der Waals surface area contributed by atoms with Crippen molar-refractivity contribution in [1.82, 2.24) is 0 Å². The average molecular weight is 324 g/mol. The van der Waals surface area contributed by atoms with Gasteiger partial charge in [0.2, 0.25) is 0 Å². The summed E-state index contributed by atoms with van der Waals surface area (Å²) in [4.78, 5) is 0. The van der Waals surface area contributed by atoms with Crippen molar-refractivity contribution in [2.75, 3.05) is 11.9 Å². The minimum Gasteiger partial charge on any atom is -0.394 e. The average Bonchev–Trinajstić information content (AvgIpc) is 2.34. The van der Waals surface area contributed by atoms with Gasteiger partial charge in [0.05, 0.1) is 12.6 Å².